The minimum Gasteiger partial charge on any atom is -0.478 e. The van der Waals surface area contributed by atoms with E-state index in [4.69, 9.17) is 11.5 Å². The van der Waals surface area contributed by atoms with Crippen molar-refractivity contribution in [2.24, 2.45) is 0 Å². The Kier molecular flexibility index (Phi) is 4.17. The fourth-order valence-electron chi connectivity index (χ4n) is 1.07. The zero-order valence-electron chi connectivity index (χ0n) is 8.23. The van der Waals surface area contributed by atoms with Crippen LogP contribution in [0.15, 0.2) is 18.3 Å². The quantitative estimate of drug-likeness (QED) is 0.565. The third-order valence-electron chi connectivity index (χ3n) is 1.81. The molecule has 0 radical (unpaired) electrons. The van der Waals surface area contributed by atoms with Crippen LogP contribution in [0, 0.1) is 12.3 Å². The Hall–Kier alpha value is -2.02. The van der Waals surface area contributed by atoms with Gasteiger partial charge >= 0.3 is 5.97 Å². The number of aromatic carboxylic acids is 1. The normalized spacial score (nSPS) is 9.27. The summed E-state index contributed by atoms with van der Waals surface area (Å²) in [4.78, 5) is 14.6. The topological polar surface area (TPSA) is 62.2 Å². The van der Waals surface area contributed by atoms with Gasteiger partial charge in [-0.2, -0.15) is 0 Å². The summed E-state index contributed by atoms with van der Waals surface area (Å²) in [5, 5.41) is 11.7. The minimum atomic E-state index is -0.955. The lowest BCUT2D eigenvalue weighted by atomic mass is 10.2. The predicted molar refractivity (Wildman–Crippen MR) is 57.8 cm³/mol. The van der Waals surface area contributed by atoms with Crippen molar-refractivity contribution in [3.63, 3.8) is 0 Å². The molecule has 0 saturated carbocycles. The van der Waals surface area contributed by atoms with Crippen molar-refractivity contribution >= 4 is 11.8 Å². The molecule has 0 aliphatic carbocycles. The molecule has 4 nitrogen and oxygen atoms in total. The number of anilines is 1. The van der Waals surface area contributed by atoms with Crippen LogP contribution in [0.1, 0.15) is 23.2 Å². The molecule has 0 bridgehead atoms. The third-order valence-corrected chi connectivity index (χ3v) is 1.81. The van der Waals surface area contributed by atoms with Crippen molar-refractivity contribution < 1.29 is 9.90 Å². The van der Waals surface area contributed by atoms with E-state index < -0.39 is 5.97 Å². The van der Waals surface area contributed by atoms with E-state index >= 15 is 0 Å². The van der Waals surface area contributed by atoms with Crippen LogP contribution in [0.5, 0.6) is 0 Å². The smallest absolute Gasteiger partial charge is 0.335 e. The summed E-state index contributed by atoms with van der Waals surface area (Å²) in [6.45, 7) is 0.695. The Morgan fingerprint density at radius 1 is 1.67 bits per heavy atom. The third kappa shape index (κ3) is 3.69. The fraction of sp³-hybridized carbons (Fsp3) is 0.273. The second-order valence-corrected chi connectivity index (χ2v) is 2.97. The van der Waals surface area contributed by atoms with Gasteiger partial charge in [-0.15, -0.1) is 12.3 Å². The van der Waals surface area contributed by atoms with Crippen molar-refractivity contribution in [1.29, 1.82) is 0 Å². The molecule has 0 atom stereocenters. The molecule has 0 amide bonds. The molecule has 0 aromatic carbocycles. The van der Waals surface area contributed by atoms with E-state index in [2.05, 4.69) is 16.2 Å². The van der Waals surface area contributed by atoms with Gasteiger partial charge in [0.15, 0.2) is 0 Å². The van der Waals surface area contributed by atoms with Crippen molar-refractivity contribution in [1.82, 2.24) is 4.98 Å². The summed E-state index contributed by atoms with van der Waals surface area (Å²) in [6.07, 6.45) is 8.11. The Bertz CT molecular complexity index is 382. The number of hydrogen-bond donors (Lipinski definition) is 2. The van der Waals surface area contributed by atoms with Gasteiger partial charge in [-0.05, 0) is 18.6 Å². The SMILES string of the molecule is C#CCCCNc1cc(C(=O)O)ccn1. The van der Waals surface area contributed by atoms with E-state index in [-0.39, 0.29) is 5.56 Å². The largest absolute Gasteiger partial charge is 0.478 e. The van der Waals surface area contributed by atoms with Crippen LogP contribution in [-0.2, 0) is 0 Å². The molecule has 4 heteroatoms. The molecule has 0 aliphatic heterocycles. The Morgan fingerprint density at radius 3 is 3.13 bits per heavy atom. The van der Waals surface area contributed by atoms with Crippen molar-refractivity contribution in [2.75, 3.05) is 11.9 Å². The Balaban J connectivity index is 2.51. The first kappa shape index (κ1) is 11.1. The van der Waals surface area contributed by atoms with Crippen molar-refractivity contribution in [3.05, 3.63) is 23.9 Å². The van der Waals surface area contributed by atoms with E-state index in [9.17, 15) is 4.79 Å². The highest BCUT2D eigenvalue weighted by Crippen LogP contribution is 2.06. The highest BCUT2D eigenvalue weighted by atomic mass is 16.4. The van der Waals surface area contributed by atoms with Gasteiger partial charge in [0.2, 0.25) is 0 Å². The highest BCUT2D eigenvalue weighted by molar-refractivity contribution is 5.88. The number of hydrogen-bond acceptors (Lipinski definition) is 3. The van der Waals surface area contributed by atoms with E-state index in [1.165, 1.54) is 18.3 Å². The maximum absolute atomic E-state index is 10.6. The van der Waals surface area contributed by atoms with E-state index in [1.807, 2.05) is 0 Å². The maximum atomic E-state index is 10.6. The first-order valence-electron chi connectivity index (χ1n) is 4.60. The summed E-state index contributed by atoms with van der Waals surface area (Å²) in [7, 11) is 0. The zero-order chi connectivity index (χ0) is 11.1. The van der Waals surface area contributed by atoms with Gasteiger partial charge in [0.1, 0.15) is 5.82 Å². The van der Waals surface area contributed by atoms with Crippen LogP contribution in [-0.4, -0.2) is 22.6 Å². The van der Waals surface area contributed by atoms with Crippen molar-refractivity contribution in [2.45, 2.75) is 12.8 Å². The van der Waals surface area contributed by atoms with E-state index in [1.54, 1.807) is 0 Å². The second kappa shape index (κ2) is 5.66. The molecule has 2 N–H and O–H groups in total. The number of carboxylic acids is 1. The molecular formula is C11H12N2O2. The van der Waals surface area contributed by atoms with Crippen LogP contribution in [0.2, 0.25) is 0 Å². The average molecular weight is 204 g/mol. The van der Waals surface area contributed by atoms with Crippen LogP contribution in [0.25, 0.3) is 0 Å². The molecule has 0 fully saturated rings. The lowest BCUT2D eigenvalue weighted by molar-refractivity contribution is 0.0697. The summed E-state index contributed by atoms with van der Waals surface area (Å²) in [6, 6.07) is 2.95. The number of nitrogens with zero attached hydrogens (tertiary/aromatic N) is 1. The van der Waals surface area contributed by atoms with E-state index in [0.29, 0.717) is 18.8 Å². The van der Waals surface area contributed by atoms with Crippen LogP contribution < -0.4 is 5.32 Å². The second-order valence-electron chi connectivity index (χ2n) is 2.97. The van der Waals surface area contributed by atoms with Crippen molar-refractivity contribution in [3.8, 4) is 12.3 Å². The monoisotopic (exact) mass is 204 g/mol. The maximum Gasteiger partial charge on any atom is 0.335 e. The predicted octanol–water partition coefficient (Wildman–Crippen LogP) is 1.61. The number of nitrogens with one attached hydrogen (secondary N) is 1. The molecule has 0 aliphatic rings. The molecule has 0 spiro atoms. The van der Waals surface area contributed by atoms with Gasteiger partial charge in [-0.3, -0.25) is 0 Å². The van der Waals surface area contributed by atoms with Gasteiger partial charge in [-0.1, -0.05) is 0 Å². The molecule has 0 saturated heterocycles. The molecule has 1 aromatic rings. The number of terminal acetylenes is 1. The lowest BCUT2D eigenvalue weighted by Crippen LogP contribution is -2.05. The standard InChI is InChI=1S/C11H12N2O2/c1-2-3-4-6-12-10-8-9(11(14)15)5-7-13-10/h1,5,7-8H,3-4,6H2,(H,12,13)(H,14,15). The number of rotatable bonds is 5. The lowest BCUT2D eigenvalue weighted by Gasteiger charge is -2.04. The average Bonchev–Trinajstić information content (AvgIpc) is 2.25. The van der Waals surface area contributed by atoms with Gasteiger partial charge in [0.05, 0.1) is 5.56 Å². The molecular weight excluding hydrogens is 192 g/mol. The minimum absolute atomic E-state index is 0.226. The number of pyridine rings is 1. The van der Waals surface area contributed by atoms with Crippen LogP contribution >= 0.6 is 0 Å². The van der Waals surface area contributed by atoms with Gasteiger partial charge < -0.3 is 10.4 Å². The van der Waals surface area contributed by atoms with Gasteiger partial charge in [0, 0.05) is 19.2 Å². The summed E-state index contributed by atoms with van der Waals surface area (Å²) in [5.74, 6) is 2.14. The highest BCUT2D eigenvalue weighted by Gasteiger charge is 2.03. The van der Waals surface area contributed by atoms with Crippen LogP contribution in [0.4, 0.5) is 5.82 Å². The molecule has 1 rings (SSSR count). The van der Waals surface area contributed by atoms with Gasteiger partial charge in [-0.25, -0.2) is 9.78 Å². The van der Waals surface area contributed by atoms with E-state index in [0.717, 1.165) is 6.42 Å². The Morgan fingerprint density at radius 2 is 2.47 bits per heavy atom. The number of carboxylic acid groups (broad SMARTS) is 1. The summed E-state index contributed by atoms with van der Waals surface area (Å²) < 4.78 is 0. The number of unbranched alkanes of at least 4 members (excludes halogenated alkanes) is 1. The molecule has 15 heavy (non-hydrogen) atoms. The summed E-state index contributed by atoms with van der Waals surface area (Å²) >= 11 is 0. The fourth-order valence-corrected chi connectivity index (χ4v) is 1.07. The van der Waals surface area contributed by atoms with Crippen LogP contribution in [0.3, 0.4) is 0 Å². The molecule has 1 heterocycles. The number of aromatic nitrogens is 1. The molecule has 78 valence electrons. The zero-order valence-corrected chi connectivity index (χ0v) is 8.23. The molecule has 1 aromatic heterocycles. The van der Waals surface area contributed by atoms with Gasteiger partial charge in [0.25, 0.3) is 0 Å². The Labute approximate surface area is 88.3 Å². The molecule has 0 unspecified atom stereocenters. The first-order valence-corrected chi connectivity index (χ1v) is 4.60. The number of carbonyl (C=O) groups is 1. The first-order chi connectivity index (χ1) is 7.24. The summed E-state index contributed by atoms with van der Waals surface area (Å²) in [5.41, 5.74) is 0.226.